The van der Waals surface area contributed by atoms with Gasteiger partial charge in [0.15, 0.2) is 0 Å². The van der Waals surface area contributed by atoms with Crippen LogP contribution in [0, 0.1) is 5.41 Å². The van der Waals surface area contributed by atoms with Gasteiger partial charge in [0.25, 0.3) is 0 Å². The maximum Gasteiger partial charge on any atom is 0.0500 e. The molecule has 1 aliphatic rings. The highest BCUT2D eigenvalue weighted by Gasteiger charge is 2.35. The molecule has 2 rings (SSSR count). The van der Waals surface area contributed by atoms with E-state index in [0.717, 1.165) is 26.2 Å². The van der Waals surface area contributed by atoms with Gasteiger partial charge in [0.05, 0.1) is 0 Å². The van der Waals surface area contributed by atoms with Crippen LogP contribution in [0.25, 0.3) is 0 Å². The molecular formula is C16H26N2OS. The fourth-order valence-electron chi connectivity index (χ4n) is 2.97. The summed E-state index contributed by atoms with van der Waals surface area (Å²) in [5.74, 6) is 0. The maximum atomic E-state index is 9.81. The summed E-state index contributed by atoms with van der Waals surface area (Å²) in [5, 5.41) is 13.2. The van der Waals surface area contributed by atoms with Crippen molar-refractivity contribution in [2.75, 3.05) is 39.0 Å². The van der Waals surface area contributed by atoms with E-state index in [9.17, 15) is 5.11 Å². The van der Waals surface area contributed by atoms with Crippen molar-refractivity contribution >= 4 is 11.8 Å². The van der Waals surface area contributed by atoms with Crippen molar-refractivity contribution in [3.63, 3.8) is 0 Å². The Balaban J connectivity index is 2.29. The zero-order valence-electron chi connectivity index (χ0n) is 12.7. The third-order valence-electron chi connectivity index (χ3n) is 4.10. The average molecular weight is 294 g/mol. The van der Waals surface area contributed by atoms with Crippen LogP contribution < -0.4 is 5.32 Å². The Morgan fingerprint density at radius 3 is 2.35 bits per heavy atom. The van der Waals surface area contributed by atoms with Gasteiger partial charge in [-0.15, -0.1) is 11.8 Å². The molecule has 2 N–H and O–H groups in total. The van der Waals surface area contributed by atoms with Gasteiger partial charge in [-0.3, -0.25) is 4.90 Å². The standard InChI is InChI=1S/C16H26N2OS/c1-16(2,12-19)15(18-10-8-17-9-11-18)13-4-6-14(20-3)7-5-13/h4-7,15,17,19H,8-12H2,1-3H3/t15-/m0/s1. The van der Waals surface area contributed by atoms with Crippen molar-refractivity contribution in [2.45, 2.75) is 24.8 Å². The van der Waals surface area contributed by atoms with Crippen LogP contribution in [-0.4, -0.2) is 49.0 Å². The number of nitrogens with one attached hydrogen (secondary N) is 1. The molecule has 0 aromatic heterocycles. The molecule has 0 saturated carbocycles. The molecule has 0 unspecified atom stereocenters. The first-order valence-corrected chi connectivity index (χ1v) is 8.50. The molecule has 4 heteroatoms. The molecule has 3 nitrogen and oxygen atoms in total. The number of benzene rings is 1. The average Bonchev–Trinajstić information content (AvgIpc) is 2.49. The fraction of sp³-hybridized carbons (Fsp3) is 0.625. The van der Waals surface area contributed by atoms with E-state index in [4.69, 9.17) is 0 Å². The molecule has 1 aromatic rings. The number of hydrogen-bond donors (Lipinski definition) is 2. The number of aliphatic hydroxyl groups excluding tert-OH is 1. The van der Waals surface area contributed by atoms with E-state index in [2.05, 4.69) is 54.6 Å². The van der Waals surface area contributed by atoms with Gasteiger partial charge >= 0.3 is 0 Å². The number of nitrogens with zero attached hydrogens (tertiary/aromatic N) is 1. The van der Waals surface area contributed by atoms with Crippen molar-refractivity contribution in [2.24, 2.45) is 5.41 Å². The predicted octanol–water partition coefficient (Wildman–Crippen LogP) is 2.37. The summed E-state index contributed by atoms with van der Waals surface area (Å²) in [4.78, 5) is 3.79. The molecular weight excluding hydrogens is 268 g/mol. The van der Waals surface area contributed by atoms with Crippen LogP contribution in [0.4, 0.5) is 0 Å². The zero-order chi connectivity index (χ0) is 14.6. The molecule has 1 heterocycles. The minimum Gasteiger partial charge on any atom is -0.396 e. The lowest BCUT2D eigenvalue weighted by Gasteiger charge is -2.43. The summed E-state index contributed by atoms with van der Waals surface area (Å²) < 4.78 is 0. The Hall–Kier alpha value is -0.550. The summed E-state index contributed by atoms with van der Waals surface area (Å²) in [6.07, 6.45) is 2.10. The van der Waals surface area contributed by atoms with Gasteiger partial charge in [0.2, 0.25) is 0 Å². The first kappa shape index (κ1) is 15.8. The van der Waals surface area contributed by atoms with Gasteiger partial charge in [0.1, 0.15) is 0 Å². The van der Waals surface area contributed by atoms with E-state index in [1.165, 1.54) is 10.5 Å². The Morgan fingerprint density at radius 1 is 1.25 bits per heavy atom. The largest absolute Gasteiger partial charge is 0.396 e. The highest BCUT2D eigenvalue weighted by Crippen LogP contribution is 2.38. The molecule has 0 aliphatic carbocycles. The molecule has 0 amide bonds. The van der Waals surface area contributed by atoms with Gasteiger partial charge < -0.3 is 10.4 Å². The molecule has 1 saturated heterocycles. The predicted molar refractivity (Wildman–Crippen MR) is 86.3 cm³/mol. The lowest BCUT2D eigenvalue weighted by molar-refractivity contribution is 0.0305. The molecule has 1 aromatic carbocycles. The molecule has 1 aliphatic heterocycles. The van der Waals surface area contributed by atoms with Crippen LogP contribution >= 0.6 is 11.8 Å². The lowest BCUT2D eigenvalue weighted by Crippen LogP contribution is -2.49. The maximum absolute atomic E-state index is 9.81. The van der Waals surface area contributed by atoms with Gasteiger partial charge in [-0.1, -0.05) is 26.0 Å². The van der Waals surface area contributed by atoms with E-state index in [-0.39, 0.29) is 18.1 Å². The number of piperazine rings is 1. The van der Waals surface area contributed by atoms with Crippen LogP contribution in [0.15, 0.2) is 29.2 Å². The zero-order valence-corrected chi connectivity index (χ0v) is 13.5. The van der Waals surface area contributed by atoms with Crippen molar-refractivity contribution < 1.29 is 5.11 Å². The quantitative estimate of drug-likeness (QED) is 0.817. The van der Waals surface area contributed by atoms with Crippen molar-refractivity contribution in [1.29, 1.82) is 0 Å². The lowest BCUT2D eigenvalue weighted by atomic mass is 9.80. The Morgan fingerprint density at radius 2 is 1.85 bits per heavy atom. The first-order valence-electron chi connectivity index (χ1n) is 7.28. The monoisotopic (exact) mass is 294 g/mol. The second-order valence-corrected chi connectivity index (χ2v) is 6.99. The number of thioether (sulfide) groups is 1. The van der Waals surface area contributed by atoms with Crippen LogP contribution in [0.2, 0.25) is 0 Å². The number of hydrogen-bond acceptors (Lipinski definition) is 4. The van der Waals surface area contributed by atoms with E-state index in [1.54, 1.807) is 11.8 Å². The van der Waals surface area contributed by atoms with Gasteiger partial charge in [-0.25, -0.2) is 0 Å². The third-order valence-corrected chi connectivity index (χ3v) is 4.84. The van der Waals surface area contributed by atoms with Gasteiger partial charge in [-0.2, -0.15) is 0 Å². The molecule has 0 radical (unpaired) electrons. The normalized spacial score (nSPS) is 19.0. The van der Waals surface area contributed by atoms with Crippen LogP contribution in [0.5, 0.6) is 0 Å². The van der Waals surface area contributed by atoms with Gasteiger partial charge in [0, 0.05) is 49.1 Å². The summed E-state index contributed by atoms with van der Waals surface area (Å²) in [5.41, 5.74) is 1.17. The Bertz CT molecular complexity index is 413. The molecule has 20 heavy (non-hydrogen) atoms. The van der Waals surface area contributed by atoms with Crippen molar-refractivity contribution in [3.8, 4) is 0 Å². The van der Waals surface area contributed by atoms with E-state index >= 15 is 0 Å². The SMILES string of the molecule is CSc1ccc([C@H](N2CCNCC2)C(C)(C)CO)cc1. The fourth-order valence-corrected chi connectivity index (χ4v) is 3.38. The van der Waals surface area contributed by atoms with Crippen LogP contribution in [0.1, 0.15) is 25.5 Å². The first-order chi connectivity index (χ1) is 9.58. The van der Waals surface area contributed by atoms with E-state index in [1.807, 2.05) is 0 Å². The smallest absolute Gasteiger partial charge is 0.0500 e. The summed E-state index contributed by atoms with van der Waals surface area (Å²) >= 11 is 1.77. The summed E-state index contributed by atoms with van der Waals surface area (Å²) in [6, 6.07) is 9.07. The highest BCUT2D eigenvalue weighted by molar-refractivity contribution is 7.98. The Labute approximate surface area is 126 Å². The van der Waals surface area contributed by atoms with Crippen LogP contribution in [0.3, 0.4) is 0 Å². The topological polar surface area (TPSA) is 35.5 Å². The molecule has 0 bridgehead atoms. The highest BCUT2D eigenvalue weighted by atomic mass is 32.2. The summed E-state index contributed by atoms with van der Waals surface area (Å²) in [6.45, 7) is 8.65. The minimum absolute atomic E-state index is 0.141. The van der Waals surface area contributed by atoms with Crippen molar-refractivity contribution in [1.82, 2.24) is 10.2 Å². The van der Waals surface area contributed by atoms with E-state index < -0.39 is 0 Å². The second kappa shape index (κ2) is 6.94. The second-order valence-electron chi connectivity index (χ2n) is 6.11. The molecule has 0 spiro atoms. The molecule has 1 atom stereocenters. The molecule has 1 fully saturated rings. The minimum atomic E-state index is -0.141. The number of aliphatic hydroxyl groups is 1. The van der Waals surface area contributed by atoms with E-state index in [0.29, 0.717) is 0 Å². The Kier molecular flexibility index (Phi) is 5.49. The number of rotatable bonds is 5. The molecule has 112 valence electrons. The third kappa shape index (κ3) is 3.55. The summed E-state index contributed by atoms with van der Waals surface area (Å²) in [7, 11) is 0. The van der Waals surface area contributed by atoms with Crippen molar-refractivity contribution in [3.05, 3.63) is 29.8 Å². The van der Waals surface area contributed by atoms with Crippen LogP contribution in [-0.2, 0) is 0 Å². The van der Waals surface area contributed by atoms with Gasteiger partial charge in [-0.05, 0) is 24.0 Å².